The van der Waals surface area contributed by atoms with Crippen LogP contribution in [0.15, 0.2) is 29.2 Å². The van der Waals surface area contributed by atoms with Crippen LogP contribution in [0.3, 0.4) is 0 Å². The molecule has 0 bridgehead atoms. The summed E-state index contributed by atoms with van der Waals surface area (Å²) in [6, 6.07) is 6.92. The van der Waals surface area contributed by atoms with Crippen LogP contribution in [0.4, 0.5) is 0 Å². The summed E-state index contributed by atoms with van der Waals surface area (Å²) in [7, 11) is 0. The SMILES string of the molecule is CC(C)(CSc1ccccc1O)C(=O)O. The van der Waals surface area contributed by atoms with Crippen LogP contribution < -0.4 is 0 Å². The van der Waals surface area contributed by atoms with Gasteiger partial charge < -0.3 is 10.2 Å². The number of aromatic hydroxyl groups is 1. The zero-order valence-corrected chi connectivity index (χ0v) is 9.54. The lowest BCUT2D eigenvalue weighted by molar-refractivity contribution is -0.145. The first-order chi connectivity index (χ1) is 6.93. The number of thioether (sulfide) groups is 1. The van der Waals surface area contributed by atoms with Crippen molar-refractivity contribution in [1.82, 2.24) is 0 Å². The molecule has 15 heavy (non-hydrogen) atoms. The van der Waals surface area contributed by atoms with Crippen molar-refractivity contribution in [1.29, 1.82) is 0 Å². The highest BCUT2D eigenvalue weighted by Crippen LogP contribution is 2.32. The molecular formula is C11H14O3S. The van der Waals surface area contributed by atoms with Gasteiger partial charge in [-0.3, -0.25) is 4.79 Å². The minimum absolute atomic E-state index is 0.198. The fraction of sp³-hybridized carbons (Fsp3) is 0.364. The Bertz CT molecular complexity index is 361. The van der Waals surface area contributed by atoms with E-state index in [9.17, 15) is 9.90 Å². The van der Waals surface area contributed by atoms with Crippen LogP contribution in [-0.2, 0) is 4.79 Å². The van der Waals surface area contributed by atoms with Gasteiger partial charge in [0.15, 0.2) is 0 Å². The Hall–Kier alpha value is -1.16. The molecule has 4 heteroatoms. The molecule has 2 N–H and O–H groups in total. The maximum Gasteiger partial charge on any atom is 0.309 e. The third-order valence-electron chi connectivity index (χ3n) is 2.03. The maximum absolute atomic E-state index is 10.9. The first-order valence-corrected chi connectivity index (χ1v) is 5.56. The number of carbonyl (C=O) groups is 1. The Morgan fingerprint density at radius 2 is 2.00 bits per heavy atom. The van der Waals surface area contributed by atoms with Crippen LogP contribution in [0.5, 0.6) is 5.75 Å². The van der Waals surface area contributed by atoms with E-state index in [2.05, 4.69) is 0 Å². The van der Waals surface area contributed by atoms with Crippen LogP contribution in [0.25, 0.3) is 0 Å². The number of aliphatic carboxylic acids is 1. The average Bonchev–Trinajstić information content (AvgIpc) is 2.16. The number of benzene rings is 1. The van der Waals surface area contributed by atoms with Gasteiger partial charge in [-0.25, -0.2) is 0 Å². The predicted octanol–water partition coefficient (Wildman–Crippen LogP) is 2.60. The summed E-state index contributed by atoms with van der Waals surface area (Å²) < 4.78 is 0. The van der Waals surface area contributed by atoms with E-state index in [0.717, 1.165) is 0 Å². The number of carboxylic acids is 1. The van der Waals surface area contributed by atoms with E-state index in [1.165, 1.54) is 11.8 Å². The van der Waals surface area contributed by atoms with Gasteiger partial charge in [0.05, 0.1) is 5.41 Å². The molecular weight excluding hydrogens is 212 g/mol. The highest BCUT2D eigenvalue weighted by Gasteiger charge is 2.27. The summed E-state index contributed by atoms with van der Waals surface area (Å²) in [4.78, 5) is 11.6. The summed E-state index contributed by atoms with van der Waals surface area (Å²) in [6.45, 7) is 3.34. The molecule has 1 rings (SSSR count). The van der Waals surface area contributed by atoms with Gasteiger partial charge in [-0.2, -0.15) is 0 Å². The number of rotatable bonds is 4. The number of hydrogen-bond acceptors (Lipinski definition) is 3. The Labute approximate surface area is 93.1 Å². The Balaban J connectivity index is 2.66. The van der Waals surface area contributed by atoms with Crippen LogP contribution in [-0.4, -0.2) is 21.9 Å². The van der Waals surface area contributed by atoms with E-state index < -0.39 is 11.4 Å². The van der Waals surface area contributed by atoms with E-state index in [1.54, 1.807) is 32.0 Å². The molecule has 0 unspecified atom stereocenters. The number of para-hydroxylation sites is 1. The maximum atomic E-state index is 10.9. The third kappa shape index (κ3) is 3.16. The smallest absolute Gasteiger partial charge is 0.309 e. The molecule has 0 amide bonds. The van der Waals surface area contributed by atoms with Gasteiger partial charge in [0, 0.05) is 10.6 Å². The van der Waals surface area contributed by atoms with Crippen molar-refractivity contribution in [3.05, 3.63) is 24.3 Å². The van der Waals surface area contributed by atoms with Crippen molar-refractivity contribution in [3.8, 4) is 5.75 Å². The monoisotopic (exact) mass is 226 g/mol. The van der Waals surface area contributed by atoms with Crippen molar-refractivity contribution < 1.29 is 15.0 Å². The van der Waals surface area contributed by atoms with E-state index in [0.29, 0.717) is 10.6 Å². The quantitative estimate of drug-likeness (QED) is 0.775. The molecule has 3 nitrogen and oxygen atoms in total. The van der Waals surface area contributed by atoms with Crippen molar-refractivity contribution in [2.45, 2.75) is 18.7 Å². The minimum atomic E-state index is -0.828. The van der Waals surface area contributed by atoms with Gasteiger partial charge in [0.25, 0.3) is 0 Å². The second-order valence-electron chi connectivity index (χ2n) is 3.95. The van der Waals surface area contributed by atoms with Gasteiger partial charge in [-0.05, 0) is 26.0 Å². The Morgan fingerprint density at radius 1 is 1.40 bits per heavy atom. The van der Waals surface area contributed by atoms with Crippen molar-refractivity contribution in [2.24, 2.45) is 5.41 Å². The summed E-state index contributed by atoms with van der Waals surface area (Å²) >= 11 is 1.35. The van der Waals surface area contributed by atoms with Crippen molar-refractivity contribution in [3.63, 3.8) is 0 Å². The highest BCUT2D eigenvalue weighted by molar-refractivity contribution is 7.99. The van der Waals surface area contributed by atoms with E-state index in [1.807, 2.05) is 6.07 Å². The second kappa shape index (κ2) is 4.57. The summed E-state index contributed by atoms with van der Waals surface area (Å²) in [5, 5.41) is 18.4. The van der Waals surface area contributed by atoms with E-state index in [4.69, 9.17) is 5.11 Å². The third-order valence-corrected chi connectivity index (χ3v) is 3.55. The molecule has 0 aromatic heterocycles. The second-order valence-corrected chi connectivity index (χ2v) is 4.96. The molecule has 0 aliphatic rings. The molecule has 0 atom stereocenters. The van der Waals surface area contributed by atoms with Gasteiger partial charge in [-0.1, -0.05) is 12.1 Å². The van der Waals surface area contributed by atoms with Crippen LogP contribution in [0, 0.1) is 5.41 Å². The molecule has 0 saturated heterocycles. The molecule has 0 saturated carbocycles. The van der Waals surface area contributed by atoms with Gasteiger partial charge in [0.2, 0.25) is 0 Å². The molecule has 0 aliphatic carbocycles. The largest absolute Gasteiger partial charge is 0.507 e. The standard InChI is InChI=1S/C11H14O3S/c1-11(2,10(13)14)7-15-9-6-4-3-5-8(9)12/h3-6,12H,7H2,1-2H3,(H,13,14). The Kier molecular flexibility index (Phi) is 3.63. The van der Waals surface area contributed by atoms with Crippen molar-refractivity contribution in [2.75, 3.05) is 5.75 Å². The van der Waals surface area contributed by atoms with Gasteiger partial charge in [-0.15, -0.1) is 11.8 Å². The van der Waals surface area contributed by atoms with E-state index in [-0.39, 0.29) is 5.75 Å². The molecule has 1 aromatic carbocycles. The molecule has 0 aliphatic heterocycles. The molecule has 0 fully saturated rings. The van der Waals surface area contributed by atoms with E-state index >= 15 is 0 Å². The Morgan fingerprint density at radius 3 is 2.53 bits per heavy atom. The molecule has 0 heterocycles. The van der Waals surface area contributed by atoms with Crippen molar-refractivity contribution >= 4 is 17.7 Å². The predicted molar refractivity (Wildman–Crippen MR) is 60.2 cm³/mol. The molecule has 1 aromatic rings. The topological polar surface area (TPSA) is 57.5 Å². The fourth-order valence-electron chi connectivity index (χ4n) is 0.899. The lowest BCUT2D eigenvalue weighted by Gasteiger charge is -2.18. The summed E-state index contributed by atoms with van der Waals surface area (Å²) in [5.74, 6) is -0.200. The average molecular weight is 226 g/mol. The normalized spacial score (nSPS) is 11.3. The zero-order chi connectivity index (χ0) is 11.5. The first kappa shape index (κ1) is 11.9. The number of phenolic OH excluding ortho intramolecular Hbond substituents is 1. The molecule has 0 radical (unpaired) electrons. The lowest BCUT2D eigenvalue weighted by Crippen LogP contribution is -2.26. The van der Waals surface area contributed by atoms with Crippen LogP contribution in [0.2, 0.25) is 0 Å². The number of hydrogen-bond donors (Lipinski definition) is 2. The summed E-state index contributed by atoms with van der Waals surface area (Å²) in [6.07, 6.45) is 0. The number of carboxylic acid groups (broad SMARTS) is 1. The zero-order valence-electron chi connectivity index (χ0n) is 8.73. The fourth-order valence-corrected chi connectivity index (χ4v) is 1.93. The molecule has 82 valence electrons. The van der Waals surface area contributed by atoms with Crippen LogP contribution >= 0.6 is 11.8 Å². The number of phenols is 1. The van der Waals surface area contributed by atoms with Gasteiger partial charge in [0.1, 0.15) is 5.75 Å². The summed E-state index contributed by atoms with van der Waals surface area (Å²) in [5.41, 5.74) is -0.785. The lowest BCUT2D eigenvalue weighted by atomic mass is 9.97. The van der Waals surface area contributed by atoms with Crippen LogP contribution in [0.1, 0.15) is 13.8 Å². The minimum Gasteiger partial charge on any atom is -0.507 e. The molecule has 0 spiro atoms. The van der Waals surface area contributed by atoms with Gasteiger partial charge >= 0.3 is 5.97 Å². The highest BCUT2D eigenvalue weighted by atomic mass is 32.2. The first-order valence-electron chi connectivity index (χ1n) is 4.58.